The van der Waals surface area contributed by atoms with Crippen LogP contribution in [0.1, 0.15) is 64.1 Å². The van der Waals surface area contributed by atoms with Crippen molar-refractivity contribution in [2.45, 2.75) is 46.5 Å². The number of hydrogen-bond acceptors (Lipinski definition) is 4. The van der Waals surface area contributed by atoms with Crippen molar-refractivity contribution in [2.24, 2.45) is 0 Å². The molecule has 1 aromatic carbocycles. The zero-order valence-electron chi connectivity index (χ0n) is 13.0. The Hall–Kier alpha value is -1.84. The van der Waals surface area contributed by atoms with Crippen molar-refractivity contribution in [3.63, 3.8) is 0 Å². The van der Waals surface area contributed by atoms with Gasteiger partial charge in [-0.3, -0.25) is 0 Å². The van der Waals surface area contributed by atoms with Gasteiger partial charge in [-0.1, -0.05) is 0 Å². The van der Waals surface area contributed by atoms with Crippen LogP contribution in [-0.2, 0) is 22.3 Å². The maximum atomic E-state index is 12.3. The summed E-state index contributed by atoms with van der Waals surface area (Å²) >= 11 is 0. The van der Waals surface area contributed by atoms with E-state index in [4.69, 9.17) is 9.47 Å². The molecular formula is C17H22O4. The molecule has 21 heavy (non-hydrogen) atoms. The zero-order chi connectivity index (χ0) is 15.4. The molecule has 0 aliphatic heterocycles. The molecule has 0 unspecified atom stereocenters. The van der Waals surface area contributed by atoms with Crippen LogP contribution in [-0.4, -0.2) is 25.2 Å². The number of carbonyl (C=O) groups excluding carboxylic acids is 2. The molecule has 0 amide bonds. The minimum absolute atomic E-state index is 0.289. The molecule has 0 heterocycles. The van der Waals surface area contributed by atoms with Gasteiger partial charge >= 0.3 is 11.9 Å². The molecule has 0 saturated carbocycles. The van der Waals surface area contributed by atoms with Crippen molar-refractivity contribution in [3.8, 4) is 0 Å². The molecule has 4 nitrogen and oxygen atoms in total. The van der Waals surface area contributed by atoms with Crippen molar-refractivity contribution in [1.29, 1.82) is 0 Å². The SMILES string of the molecule is CCOC(=O)c1cc(C)c2c(c1C(=O)OCC)CCCC2. The van der Waals surface area contributed by atoms with E-state index in [9.17, 15) is 9.59 Å². The van der Waals surface area contributed by atoms with Crippen LogP contribution in [0.4, 0.5) is 0 Å². The predicted molar refractivity (Wildman–Crippen MR) is 79.7 cm³/mol. The van der Waals surface area contributed by atoms with Crippen LogP contribution in [0.3, 0.4) is 0 Å². The first-order valence-electron chi connectivity index (χ1n) is 7.59. The summed E-state index contributed by atoms with van der Waals surface area (Å²) in [5.41, 5.74) is 3.98. The molecular weight excluding hydrogens is 268 g/mol. The maximum Gasteiger partial charge on any atom is 0.339 e. The summed E-state index contributed by atoms with van der Waals surface area (Å²) in [6.07, 6.45) is 3.92. The van der Waals surface area contributed by atoms with Gasteiger partial charge in [0.25, 0.3) is 0 Å². The van der Waals surface area contributed by atoms with Gasteiger partial charge in [0.1, 0.15) is 0 Å². The average molecular weight is 290 g/mol. The number of benzene rings is 1. The number of carbonyl (C=O) groups is 2. The Morgan fingerprint density at radius 2 is 1.57 bits per heavy atom. The highest BCUT2D eigenvalue weighted by Crippen LogP contribution is 2.31. The fourth-order valence-corrected chi connectivity index (χ4v) is 2.96. The van der Waals surface area contributed by atoms with Crippen LogP contribution in [0, 0.1) is 6.92 Å². The van der Waals surface area contributed by atoms with E-state index in [0.29, 0.717) is 17.7 Å². The second kappa shape index (κ2) is 6.74. The molecule has 0 saturated heterocycles. The van der Waals surface area contributed by atoms with E-state index in [1.807, 2.05) is 6.92 Å². The predicted octanol–water partition coefficient (Wildman–Crippen LogP) is 3.23. The van der Waals surface area contributed by atoms with Crippen LogP contribution in [0.5, 0.6) is 0 Å². The second-order valence-electron chi connectivity index (χ2n) is 5.22. The Morgan fingerprint density at radius 1 is 1.00 bits per heavy atom. The summed E-state index contributed by atoms with van der Waals surface area (Å²) < 4.78 is 10.3. The molecule has 1 aromatic rings. The van der Waals surface area contributed by atoms with Gasteiger partial charge in [0.05, 0.1) is 24.3 Å². The fraction of sp³-hybridized carbons (Fsp3) is 0.529. The van der Waals surface area contributed by atoms with Gasteiger partial charge in [-0.05, 0) is 69.2 Å². The second-order valence-corrected chi connectivity index (χ2v) is 5.22. The molecule has 0 radical (unpaired) electrons. The molecule has 1 aliphatic rings. The van der Waals surface area contributed by atoms with Gasteiger partial charge in [0.15, 0.2) is 0 Å². The van der Waals surface area contributed by atoms with Crippen molar-refractivity contribution in [2.75, 3.05) is 13.2 Å². The number of esters is 2. The third kappa shape index (κ3) is 3.09. The Balaban J connectivity index is 2.60. The van der Waals surface area contributed by atoms with Crippen LogP contribution < -0.4 is 0 Å². The van der Waals surface area contributed by atoms with Crippen molar-refractivity contribution in [3.05, 3.63) is 33.9 Å². The summed E-state index contributed by atoms with van der Waals surface area (Å²) in [6, 6.07) is 1.77. The van der Waals surface area contributed by atoms with E-state index in [2.05, 4.69) is 0 Å². The van der Waals surface area contributed by atoms with Gasteiger partial charge in [-0.25, -0.2) is 9.59 Å². The molecule has 114 valence electrons. The summed E-state index contributed by atoms with van der Waals surface area (Å²) in [6.45, 7) is 6.10. The average Bonchev–Trinajstić information content (AvgIpc) is 2.47. The maximum absolute atomic E-state index is 12.3. The van der Waals surface area contributed by atoms with Crippen LogP contribution in [0.25, 0.3) is 0 Å². The Morgan fingerprint density at radius 3 is 2.19 bits per heavy atom. The number of ether oxygens (including phenoxy) is 2. The highest BCUT2D eigenvalue weighted by molar-refractivity contribution is 6.04. The lowest BCUT2D eigenvalue weighted by Crippen LogP contribution is -2.20. The quantitative estimate of drug-likeness (QED) is 0.799. The number of hydrogen-bond donors (Lipinski definition) is 0. The minimum atomic E-state index is -0.447. The number of aryl methyl sites for hydroxylation is 1. The summed E-state index contributed by atoms with van der Waals surface area (Å²) in [5, 5.41) is 0. The molecule has 2 rings (SSSR count). The molecule has 0 atom stereocenters. The Kier molecular flexibility index (Phi) is 4.99. The van der Waals surface area contributed by atoms with E-state index in [1.165, 1.54) is 5.56 Å². The minimum Gasteiger partial charge on any atom is -0.462 e. The first-order chi connectivity index (χ1) is 10.1. The van der Waals surface area contributed by atoms with E-state index >= 15 is 0 Å². The van der Waals surface area contributed by atoms with Crippen LogP contribution in [0.2, 0.25) is 0 Å². The number of rotatable bonds is 4. The lowest BCUT2D eigenvalue weighted by Gasteiger charge is -2.23. The van der Waals surface area contributed by atoms with Gasteiger partial charge in [0, 0.05) is 0 Å². The normalized spacial score (nSPS) is 13.5. The molecule has 4 heteroatoms. The summed E-state index contributed by atoms with van der Waals surface area (Å²) in [4.78, 5) is 24.5. The van der Waals surface area contributed by atoms with Crippen molar-refractivity contribution >= 4 is 11.9 Å². The first-order valence-corrected chi connectivity index (χ1v) is 7.59. The molecule has 0 spiro atoms. The molecule has 1 aliphatic carbocycles. The third-order valence-electron chi connectivity index (χ3n) is 3.85. The largest absolute Gasteiger partial charge is 0.462 e. The van der Waals surface area contributed by atoms with E-state index in [-0.39, 0.29) is 6.61 Å². The number of fused-ring (bicyclic) bond motifs is 1. The van der Waals surface area contributed by atoms with E-state index in [1.54, 1.807) is 19.9 Å². The smallest absolute Gasteiger partial charge is 0.339 e. The first kappa shape index (κ1) is 15.5. The molecule has 0 fully saturated rings. The van der Waals surface area contributed by atoms with Gasteiger partial charge in [0.2, 0.25) is 0 Å². The summed E-state index contributed by atoms with van der Waals surface area (Å²) in [5.74, 6) is -0.865. The van der Waals surface area contributed by atoms with Crippen LogP contribution in [0.15, 0.2) is 6.07 Å². The topological polar surface area (TPSA) is 52.6 Å². The fourth-order valence-electron chi connectivity index (χ4n) is 2.96. The van der Waals surface area contributed by atoms with Crippen LogP contribution >= 0.6 is 0 Å². The Labute approximate surface area is 125 Å². The molecule has 0 bridgehead atoms. The molecule has 0 aromatic heterocycles. The van der Waals surface area contributed by atoms with Gasteiger partial charge in [-0.2, -0.15) is 0 Å². The standard InChI is InChI=1S/C17H22O4/c1-4-20-16(18)14-10-11(3)12-8-6-7-9-13(12)15(14)17(19)21-5-2/h10H,4-9H2,1-3H3. The highest BCUT2D eigenvalue weighted by atomic mass is 16.5. The Bertz CT molecular complexity index is 560. The summed E-state index contributed by atoms with van der Waals surface area (Å²) in [7, 11) is 0. The van der Waals surface area contributed by atoms with Crippen molar-refractivity contribution in [1.82, 2.24) is 0 Å². The van der Waals surface area contributed by atoms with E-state index < -0.39 is 11.9 Å². The van der Waals surface area contributed by atoms with Gasteiger partial charge < -0.3 is 9.47 Å². The van der Waals surface area contributed by atoms with Crippen molar-refractivity contribution < 1.29 is 19.1 Å². The zero-order valence-corrected chi connectivity index (χ0v) is 13.0. The van der Waals surface area contributed by atoms with Gasteiger partial charge in [-0.15, -0.1) is 0 Å². The lowest BCUT2D eigenvalue weighted by atomic mass is 9.83. The van der Waals surface area contributed by atoms with E-state index in [0.717, 1.165) is 36.8 Å². The monoisotopic (exact) mass is 290 g/mol. The lowest BCUT2D eigenvalue weighted by molar-refractivity contribution is 0.0477. The highest BCUT2D eigenvalue weighted by Gasteiger charge is 2.27. The molecule has 0 N–H and O–H groups in total. The third-order valence-corrected chi connectivity index (χ3v) is 3.85.